The van der Waals surface area contributed by atoms with Gasteiger partial charge < -0.3 is 30.3 Å². The fourth-order valence-electron chi connectivity index (χ4n) is 4.15. The molecule has 210 valence electrons. The summed E-state index contributed by atoms with van der Waals surface area (Å²) < 4.78 is 32.2. The molecule has 12 heteroatoms. The van der Waals surface area contributed by atoms with Crippen LogP contribution in [-0.4, -0.2) is 63.4 Å². The highest BCUT2D eigenvalue weighted by Gasteiger charge is 2.49. The van der Waals surface area contributed by atoms with E-state index in [9.17, 15) is 28.3 Å². The number of carbonyl (C=O) groups is 3. The summed E-state index contributed by atoms with van der Waals surface area (Å²) in [6.07, 6.45) is -0.924. The van der Waals surface area contributed by atoms with Gasteiger partial charge in [0, 0.05) is 11.4 Å². The van der Waals surface area contributed by atoms with Gasteiger partial charge in [0.15, 0.2) is 6.61 Å². The number of nitrogens with one attached hydrogen (secondary N) is 1. The summed E-state index contributed by atoms with van der Waals surface area (Å²) in [6.45, 7) is -1.24. The third-order valence-electron chi connectivity index (χ3n) is 6.25. The summed E-state index contributed by atoms with van der Waals surface area (Å²) in [5, 5.41) is 30.1. The average molecular weight is 573 g/mol. The molecule has 0 aliphatic carbocycles. The van der Waals surface area contributed by atoms with Gasteiger partial charge in [-0.15, -0.1) is 11.8 Å². The number of hydrogen-bond acceptors (Lipinski definition) is 7. The lowest BCUT2D eigenvalue weighted by molar-refractivity contribution is -0.143. The zero-order valence-electron chi connectivity index (χ0n) is 20.9. The first-order valence-corrected chi connectivity index (χ1v) is 13.2. The molecule has 1 aliphatic heterocycles. The Bertz CT molecular complexity index is 1340. The molecule has 1 aliphatic rings. The highest BCUT2D eigenvalue weighted by atomic mass is 32.2. The van der Waals surface area contributed by atoms with Crippen LogP contribution in [0, 0.1) is 11.6 Å². The third kappa shape index (κ3) is 6.76. The summed E-state index contributed by atoms with van der Waals surface area (Å²) in [5.41, 5.74) is 1.74. The van der Waals surface area contributed by atoms with Crippen LogP contribution in [0.25, 0.3) is 0 Å². The number of rotatable bonds is 12. The van der Waals surface area contributed by atoms with E-state index >= 15 is 0 Å². The number of carbonyl (C=O) groups excluding carboxylic acids is 2. The van der Waals surface area contributed by atoms with E-state index in [0.29, 0.717) is 17.0 Å². The van der Waals surface area contributed by atoms with Crippen LogP contribution in [0.4, 0.5) is 14.5 Å². The van der Waals surface area contributed by atoms with Gasteiger partial charge in [0.05, 0.1) is 18.8 Å². The van der Waals surface area contributed by atoms with Crippen LogP contribution in [0.5, 0.6) is 5.75 Å². The van der Waals surface area contributed by atoms with E-state index in [1.165, 1.54) is 65.2 Å². The highest BCUT2D eigenvalue weighted by Crippen LogP contribution is 2.46. The minimum Gasteiger partial charge on any atom is -0.484 e. The molecule has 1 heterocycles. The molecule has 40 heavy (non-hydrogen) atoms. The van der Waals surface area contributed by atoms with E-state index in [0.717, 1.165) is 5.56 Å². The molecule has 0 saturated carbocycles. The number of anilines is 1. The Balaban J connectivity index is 1.46. The van der Waals surface area contributed by atoms with E-state index in [-0.39, 0.29) is 11.7 Å². The molecule has 4 rings (SSSR count). The van der Waals surface area contributed by atoms with Gasteiger partial charge in [0.2, 0.25) is 5.91 Å². The quantitative estimate of drug-likeness (QED) is 0.243. The molecule has 0 radical (unpaired) electrons. The number of carboxylic acid groups (broad SMARTS) is 1. The van der Waals surface area contributed by atoms with E-state index in [4.69, 9.17) is 14.9 Å². The zero-order valence-corrected chi connectivity index (χ0v) is 21.8. The summed E-state index contributed by atoms with van der Waals surface area (Å²) in [5.74, 6) is -2.70. The minimum atomic E-state index is -1.44. The number of carboxylic acids is 1. The second kappa shape index (κ2) is 12.9. The van der Waals surface area contributed by atoms with Crippen LogP contribution in [0.15, 0.2) is 72.8 Å². The SMILES string of the molecule is O=C(COc1ccc(C2C(SCC(O)c3ccc(F)cc3)C(=O)N2c2ccc(F)cc2)cc1)N[C@@H](CO)C(=O)O. The molecule has 3 unspecified atom stereocenters. The fourth-order valence-corrected chi connectivity index (χ4v) is 5.45. The van der Waals surface area contributed by atoms with Crippen molar-refractivity contribution in [1.82, 2.24) is 5.32 Å². The molecule has 4 N–H and O–H groups in total. The van der Waals surface area contributed by atoms with Crippen molar-refractivity contribution in [2.45, 2.75) is 23.4 Å². The maximum Gasteiger partial charge on any atom is 0.328 e. The van der Waals surface area contributed by atoms with Gasteiger partial charge in [-0.1, -0.05) is 24.3 Å². The van der Waals surface area contributed by atoms with Crippen LogP contribution >= 0.6 is 11.8 Å². The number of thioether (sulfide) groups is 1. The van der Waals surface area contributed by atoms with Gasteiger partial charge in [-0.05, 0) is 59.7 Å². The molecule has 1 fully saturated rings. The van der Waals surface area contributed by atoms with Crippen LogP contribution < -0.4 is 15.0 Å². The Hall–Kier alpha value is -4.00. The average Bonchev–Trinajstić information content (AvgIpc) is 2.95. The Morgan fingerprint density at radius 3 is 2.15 bits per heavy atom. The molecule has 3 aromatic carbocycles. The third-order valence-corrected chi connectivity index (χ3v) is 7.57. The van der Waals surface area contributed by atoms with Crippen molar-refractivity contribution in [3.05, 3.63) is 95.6 Å². The number of ether oxygens (including phenoxy) is 1. The Morgan fingerprint density at radius 2 is 1.57 bits per heavy atom. The number of amides is 2. The predicted octanol–water partition coefficient (Wildman–Crippen LogP) is 2.83. The van der Waals surface area contributed by atoms with Crippen molar-refractivity contribution >= 4 is 35.2 Å². The van der Waals surface area contributed by atoms with Crippen molar-refractivity contribution in [2.24, 2.45) is 0 Å². The van der Waals surface area contributed by atoms with Crippen LogP contribution in [0.2, 0.25) is 0 Å². The summed E-state index contributed by atoms with van der Waals surface area (Å²) in [7, 11) is 0. The number of aliphatic hydroxyl groups excluding tert-OH is 2. The van der Waals surface area contributed by atoms with Crippen LogP contribution in [0.3, 0.4) is 0 Å². The molecular formula is C28H26F2N2O7S. The Kier molecular flexibility index (Phi) is 9.35. The van der Waals surface area contributed by atoms with E-state index in [1.807, 2.05) is 0 Å². The molecular weight excluding hydrogens is 546 g/mol. The number of β-lactam (4-membered cyclic amide) rings is 1. The number of nitrogens with zero attached hydrogens (tertiary/aromatic N) is 1. The van der Waals surface area contributed by atoms with E-state index < -0.39 is 60.2 Å². The van der Waals surface area contributed by atoms with Gasteiger partial charge in [-0.25, -0.2) is 13.6 Å². The van der Waals surface area contributed by atoms with Crippen molar-refractivity contribution < 1.29 is 43.2 Å². The molecule has 1 saturated heterocycles. The molecule has 0 spiro atoms. The molecule has 0 aromatic heterocycles. The monoisotopic (exact) mass is 572 g/mol. The van der Waals surface area contributed by atoms with E-state index in [1.54, 1.807) is 24.3 Å². The fraction of sp³-hybridized carbons (Fsp3) is 0.250. The van der Waals surface area contributed by atoms with Gasteiger partial charge in [0.25, 0.3) is 5.91 Å². The maximum atomic E-state index is 13.5. The van der Waals surface area contributed by atoms with Gasteiger partial charge >= 0.3 is 5.97 Å². The van der Waals surface area contributed by atoms with Crippen molar-refractivity contribution in [3.8, 4) is 5.75 Å². The predicted molar refractivity (Wildman–Crippen MR) is 143 cm³/mol. The lowest BCUT2D eigenvalue weighted by atomic mass is 9.92. The van der Waals surface area contributed by atoms with Crippen molar-refractivity contribution in [2.75, 3.05) is 23.9 Å². The number of benzene rings is 3. The van der Waals surface area contributed by atoms with Crippen LogP contribution in [-0.2, 0) is 14.4 Å². The Morgan fingerprint density at radius 1 is 0.975 bits per heavy atom. The normalized spacial score (nSPS) is 18.0. The maximum absolute atomic E-state index is 13.5. The largest absolute Gasteiger partial charge is 0.484 e. The first-order valence-electron chi connectivity index (χ1n) is 12.2. The number of aliphatic carboxylic acids is 1. The van der Waals surface area contributed by atoms with Gasteiger partial charge in [0.1, 0.15) is 28.7 Å². The standard InChI is InChI=1S/C28H26F2N2O7S/c29-18-5-1-16(2-6-18)23(34)15-40-26-25(32(27(26)36)20-9-7-19(30)8-10-20)17-3-11-21(12-4-17)39-14-24(35)31-22(13-33)28(37)38/h1-12,22-23,25-26,33-34H,13-15H2,(H,31,35)(H,37,38)/t22-,23?,25?,26?/m0/s1. The summed E-state index contributed by atoms with van der Waals surface area (Å²) >= 11 is 1.25. The number of hydrogen-bond donors (Lipinski definition) is 4. The first-order chi connectivity index (χ1) is 19.2. The summed E-state index contributed by atoms with van der Waals surface area (Å²) in [6, 6.07) is 15.7. The second-order valence-corrected chi connectivity index (χ2v) is 10.1. The van der Waals surface area contributed by atoms with Crippen LogP contribution in [0.1, 0.15) is 23.3 Å². The summed E-state index contributed by atoms with van der Waals surface area (Å²) in [4.78, 5) is 37.6. The molecule has 2 amide bonds. The van der Waals surface area contributed by atoms with Gasteiger partial charge in [-0.2, -0.15) is 0 Å². The lowest BCUT2D eigenvalue weighted by Crippen LogP contribution is -2.57. The van der Waals surface area contributed by atoms with Crippen molar-refractivity contribution in [1.29, 1.82) is 0 Å². The molecule has 0 bridgehead atoms. The topological polar surface area (TPSA) is 136 Å². The molecule has 3 aromatic rings. The number of aliphatic hydroxyl groups is 2. The smallest absolute Gasteiger partial charge is 0.328 e. The highest BCUT2D eigenvalue weighted by molar-refractivity contribution is 8.00. The second-order valence-electron chi connectivity index (χ2n) is 8.95. The zero-order chi connectivity index (χ0) is 28.8. The van der Waals surface area contributed by atoms with Crippen molar-refractivity contribution in [3.63, 3.8) is 0 Å². The number of halogens is 2. The van der Waals surface area contributed by atoms with E-state index in [2.05, 4.69) is 5.32 Å². The lowest BCUT2D eigenvalue weighted by Gasteiger charge is -2.47. The van der Waals surface area contributed by atoms with Gasteiger partial charge in [-0.3, -0.25) is 9.59 Å². The first kappa shape index (κ1) is 29.0. The minimum absolute atomic E-state index is 0.178. The molecule has 4 atom stereocenters. The molecule has 9 nitrogen and oxygen atoms in total. The Labute approximate surface area is 232 Å².